The molecule has 1 fully saturated rings. The third-order valence-electron chi connectivity index (χ3n) is 6.39. The lowest BCUT2D eigenvalue weighted by molar-refractivity contribution is 0.0730. The molecule has 0 unspecified atom stereocenters. The third kappa shape index (κ3) is 4.51. The van der Waals surface area contributed by atoms with Gasteiger partial charge in [-0.15, -0.1) is 0 Å². The number of ether oxygens (including phenoxy) is 1. The molecule has 1 N–H and O–H groups in total. The Morgan fingerprint density at radius 1 is 1.03 bits per heavy atom. The van der Waals surface area contributed by atoms with Crippen LogP contribution < -0.4 is 5.32 Å². The van der Waals surface area contributed by atoms with E-state index in [9.17, 15) is 13.2 Å². The number of carbonyl (C=O) groups is 1. The molecule has 2 aliphatic rings. The normalized spacial score (nSPS) is 16.7. The van der Waals surface area contributed by atoms with E-state index in [0.717, 1.165) is 30.0 Å². The number of nitrogens with one attached hydrogen (secondary N) is 1. The Morgan fingerprint density at radius 2 is 1.79 bits per heavy atom. The van der Waals surface area contributed by atoms with Crippen molar-refractivity contribution in [1.29, 1.82) is 0 Å². The molecular weight excluding hydrogens is 452 g/mol. The highest BCUT2D eigenvalue weighted by Crippen LogP contribution is 2.25. The van der Waals surface area contributed by atoms with Crippen molar-refractivity contribution in [3.63, 3.8) is 0 Å². The average Bonchev–Trinajstić information content (AvgIpc) is 3.29. The zero-order chi connectivity index (χ0) is 23.7. The molecule has 1 amide bonds. The first kappa shape index (κ1) is 22.8. The van der Waals surface area contributed by atoms with E-state index >= 15 is 0 Å². The van der Waals surface area contributed by atoms with Crippen molar-refractivity contribution in [1.82, 2.24) is 13.9 Å². The first-order valence-corrected chi connectivity index (χ1v) is 13.0. The minimum atomic E-state index is -3.70. The highest BCUT2D eigenvalue weighted by Gasteiger charge is 2.28. The van der Waals surface area contributed by atoms with Gasteiger partial charge in [-0.1, -0.05) is 18.2 Å². The van der Waals surface area contributed by atoms with Crippen LogP contribution in [0.15, 0.2) is 53.6 Å². The predicted molar refractivity (Wildman–Crippen MR) is 129 cm³/mol. The van der Waals surface area contributed by atoms with E-state index in [1.165, 1.54) is 23.2 Å². The predicted octanol–water partition coefficient (Wildman–Crippen LogP) is 3.47. The molecular formula is C25H28N4O4S. The number of sulfonamides is 1. The topological polar surface area (TPSA) is 93.5 Å². The molecule has 0 spiro atoms. The quantitative estimate of drug-likeness (QED) is 0.604. The Bertz CT molecular complexity index is 1290. The number of morpholine rings is 1. The Balaban J connectivity index is 1.32. The van der Waals surface area contributed by atoms with Gasteiger partial charge in [0, 0.05) is 49.1 Å². The Hall–Kier alpha value is -3.01. The van der Waals surface area contributed by atoms with Crippen molar-refractivity contribution in [3.8, 4) is 11.3 Å². The molecule has 2 aliphatic heterocycles. The van der Waals surface area contributed by atoms with E-state index in [1.807, 2.05) is 24.3 Å². The fourth-order valence-electron chi connectivity index (χ4n) is 4.42. The maximum Gasteiger partial charge on any atom is 0.255 e. The fourth-order valence-corrected chi connectivity index (χ4v) is 6.08. The molecule has 3 heterocycles. The van der Waals surface area contributed by atoms with Crippen molar-refractivity contribution >= 4 is 21.6 Å². The number of rotatable bonds is 5. The monoisotopic (exact) mass is 480 g/mol. The molecule has 1 saturated heterocycles. The zero-order valence-electron chi connectivity index (χ0n) is 19.2. The lowest BCUT2D eigenvalue weighted by Crippen LogP contribution is -2.40. The highest BCUT2D eigenvalue weighted by atomic mass is 32.2. The first-order valence-electron chi connectivity index (χ1n) is 11.6. The maximum atomic E-state index is 13.1. The van der Waals surface area contributed by atoms with Crippen molar-refractivity contribution in [2.45, 2.75) is 37.6 Å². The number of nitrogens with zero attached hydrogens (tertiary/aromatic N) is 3. The average molecular weight is 481 g/mol. The molecule has 0 saturated carbocycles. The van der Waals surface area contributed by atoms with Crippen LogP contribution in [-0.2, 0) is 27.7 Å². The molecule has 0 bridgehead atoms. The van der Waals surface area contributed by atoms with Gasteiger partial charge in [0.1, 0.15) is 5.82 Å². The van der Waals surface area contributed by atoms with Gasteiger partial charge < -0.3 is 14.6 Å². The molecule has 2 aromatic carbocycles. The number of imidazole rings is 1. The van der Waals surface area contributed by atoms with Crippen LogP contribution in [0.1, 0.15) is 34.6 Å². The molecule has 0 atom stereocenters. The molecule has 0 radical (unpaired) electrons. The van der Waals surface area contributed by atoms with Crippen LogP contribution in [0.2, 0.25) is 0 Å². The van der Waals surface area contributed by atoms with Crippen molar-refractivity contribution in [2.24, 2.45) is 0 Å². The van der Waals surface area contributed by atoms with E-state index in [0.29, 0.717) is 43.1 Å². The van der Waals surface area contributed by atoms with Gasteiger partial charge in [0.15, 0.2) is 0 Å². The summed E-state index contributed by atoms with van der Waals surface area (Å²) < 4.78 is 35.1. The summed E-state index contributed by atoms with van der Waals surface area (Å²) in [5.41, 5.74) is 3.47. The van der Waals surface area contributed by atoms with Crippen molar-refractivity contribution in [2.75, 3.05) is 31.6 Å². The minimum absolute atomic E-state index is 0.154. The number of carbonyl (C=O) groups excluding carboxylic acids is 1. The molecule has 5 rings (SSSR count). The van der Waals surface area contributed by atoms with Gasteiger partial charge in [-0.2, -0.15) is 4.31 Å². The number of hydrogen-bond acceptors (Lipinski definition) is 5. The smallest absolute Gasteiger partial charge is 0.255 e. The Labute approximate surface area is 199 Å². The molecule has 9 heteroatoms. The second-order valence-corrected chi connectivity index (χ2v) is 10.6. The fraction of sp³-hybridized carbons (Fsp3) is 0.360. The summed E-state index contributed by atoms with van der Waals surface area (Å²) in [5, 5.41) is 2.87. The van der Waals surface area contributed by atoms with Crippen molar-refractivity contribution in [3.05, 3.63) is 65.6 Å². The summed E-state index contributed by atoms with van der Waals surface area (Å²) in [6.07, 6.45) is 5.46. The molecule has 178 valence electrons. The largest absolute Gasteiger partial charge is 0.379 e. The standard InChI is InChI=1S/C25H28N4O4S/c1-18-5-6-20(16-23(18)34(31,32)29-12-14-33-15-13-29)25(30)26-21-9-7-19(8-10-21)22-17-28-11-3-2-4-24(28)27-22/h5-10,16-17H,2-4,11-15H2,1H3,(H,26,30). The van der Waals surface area contributed by atoms with E-state index in [2.05, 4.69) is 16.1 Å². The van der Waals surface area contributed by atoms with Gasteiger partial charge in [0.05, 0.1) is 23.8 Å². The van der Waals surface area contributed by atoms with E-state index in [4.69, 9.17) is 9.72 Å². The minimum Gasteiger partial charge on any atom is -0.379 e. The van der Waals surface area contributed by atoms with Crippen molar-refractivity contribution < 1.29 is 17.9 Å². The summed E-state index contributed by atoms with van der Waals surface area (Å²) in [7, 11) is -3.70. The van der Waals surface area contributed by atoms with Crippen LogP contribution in [0, 0.1) is 6.92 Å². The zero-order valence-corrected chi connectivity index (χ0v) is 20.0. The van der Waals surface area contributed by atoms with Gasteiger partial charge in [-0.25, -0.2) is 13.4 Å². The Kier molecular flexibility index (Phi) is 6.24. The molecule has 0 aliphatic carbocycles. The van der Waals surface area contributed by atoms with Crippen LogP contribution in [0.25, 0.3) is 11.3 Å². The molecule has 1 aromatic heterocycles. The lowest BCUT2D eigenvalue weighted by atomic mass is 10.1. The number of aryl methyl sites for hydroxylation is 3. The maximum absolute atomic E-state index is 13.1. The molecule has 8 nitrogen and oxygen atoms in total. The van der Waals surface area contributed by atoms with E-state index in [-0.39, 0.29) is 10.8 Å². The van der Waals surface area contributed by atoms with Gasteiger partial charge in [-0.05, 0) is 49.6 Å². The van der Waals surface area contributed by atoms with Gasteiger partial charge in [0.25, 0.3) is 5.91 Å². The van der Waals surface area contributed by atoms with Gasteiger partial charge in [-0.3, -0.25) is 4.79 Å². The summed E-state index contributed by atoms with van der Waals surface area (Å²) in [6, 6.07) is 12.3. The van der Waals surface area contributed by atoms with Gasteiger partial charge >= 0.3 is 0 Å². The second kappa shape index (κ2) is 9.32. The highest BCUT2D eigenvalue weighted by molar-refractivity contribution is 7.89. The summed E-state index contributed by atoms with van der Waals surface area (Å²) in [4.78, 5) is 17.8. The van der Waals surface area contributed by atoms with Crippen LogP contribution in [0.5, 0.6) is 0 Å². The molecule has 34 heavy (non-hydrogen) atoms. The van der Waals surface area contributed by atoms with Crippen LogP contribution in [0.4, 0.5) is 5.69 Å². The third-order valence-corrected chi connectivity index (χ3v) is 8.43. The summed E-state index contributed by atoms with van der Waals surface area (Å²) in [5.74, 6) is 0.768. The number of hydrogen-bond donors (Lipinski definition) is 1. The SMILES string of the molecule is Cc1ccc(C(=O)Nc2ccc(-c3cn4c(n3)CCCC4)cc2)cc1S(=O)(=O)N1CCOCC1. The second-order valence-electron chi connectivity index (χ2n) is 8.72. The molecule has 3 aromatic rings. The number of fused-ring (bicyclic) bond motifs is 1. The number of amides is 1. The first-order chi connectivity index (χ1) is 16.4. The van der Waals surface area contributed by atoms with Crippen LogP contribution >= 0.6 is 0 Å². The summed E-state index contributed by atoms with van der Waals surface area (Å²) in [6.45, 7) is 4.11. The van der Waals surface area contributed by atoms with Crippen LogP contribution in [0.3, 0.4) is 0 Å². The van der Waals surface area contributed by atoms with E-state index < -0.39 is 10.0 Å². The number of anilines is 1. The number of benzene rings is 2. The van der Waals surface area contributed by atoms with E-state index in [1.54, 1.807) is 19.1 Å². The lowest BCUT2D eigenvalue weighted by Gasteiger charge is -2.26. The van der Waals surface area contributed by atoms with Gasteiger partial charge in [0.2, 0.25) is 10.0 Å². The summed E-state index contributed by atoms with van der Waals surface area (Å²) >= 11 is 0. The number of aromatic nitrogens is 2. The Morgan fingerprint density at radius 3 is 2.53 bits per heavy atom. The van der Waals surface area contributed by atoms with Crippen LogP contribution in [-0.4, -0.2) is 54.5 Å².